The Morgan fingerprint density at radius 2 is 2.10 bits per heavy atom. The van der Waals surface area contributed by atoms with Crippen molar-refractivity contribution < 1.29 is 14.3 Å². The smallest absolute Gasteiger partial charge is 0.310 e. The van der Waals surface area contributed by atoms with Crippen LogP contribution in [0.25, 0.3) is 0 Å². The van der Waals surface area contributed by atoms with E-state index < -0.39 is 0 Å². The van der Waals surface area contributed by atoms with Crippen LogP contribution in [0.2, 0.25) is 0 Å². The molecular formula is C16H21NO3S. The van der Waals surface area contributed by atoms with Gasteiger partial charge in [0.05, 0.1) is 13.0 Å². The van der Waals surface area contributed by atoms with Crippen LogP contribution in [-0.4, -0.2) is 42.7 Å². The molecule has 0 aliphatic carbocycles. The van der Waals surface area contributed by atoms with Crippen LogP contribution in [0, 0.1) is 5.92 Å². The lowest BCUT2D eigenvalue weighted by Gasteiger charge is -2.31. The number of ether oxygens (including phenoxy) is 1. The van der Waals surface area contributed by atoms with Crippen molar-refractivity contribution >= 4 is 23.6 Å². The summed E-state index contributed by atoms with van der Waals surface area (Å²) in [7, 11) is 1.40. The Morgan fingerprint density at radius 3 is 2.81 bits per heavy atom. The Balaban J connectivity index is 1.76. The molecule has 114 valence electrons. The third-order valence-electron chi connectivity index (χ3n) is 3.64. The molecule has 2 rings (SSSR count). The van der Waals surface area contributed by atoms with Gasteiger partial charge in [0, 0.05) is 30.2 Å². The topological polar surface area (TPSA) is 46.6 Å². The zero-order chi connectivity index (χ0) is 15.1. The number of nitrogens with zero attached hydrogens (tertiary/aromatic N) is 1. The first-order valence-corrected chi connectivity index (χ1v) is 8.22. The number of benzene rings is 1. The number of esters is 1. The number of likely N-dealkylation sites (tertiary alicyclic amines) is 1. The van der Waals surface area contributed by atoms with Crippen LogP contribution >= 0.6 is 11.8 Å². The molecule has 0 spiro atoms. The number of methoxy groups -OCH3 is 1. The van der Waals surface area contributed by atoms with E-state index >= 15 is 0 Å². The molecule has 4 nitrogen and oxygen atoms in total. The summed E-state index contributed by atoms with van der Waals surface area (Å²) in [4.78, 5) is 26.8. The predicted octanol–water partition coefficient (Wildman–Crippen LogP) is 2.58. The highest BCUT2D eigenvalue weighted by Gasteiger charge is 2.28. The van der Waals surface area contributed by atoms with E-state index in [1.165, 1.54) is 12.0 Å². The van der Waals surface area contributed by atoms with Gasteiger partial charge in [0.15, 0.2) is 0 Å². The first-order valence-electron chi connectivity index (χ1n) is 7.24. The van der Waals surface area contributed by atoms with Gasteiger partial charge in [0.1, 0.15) is 0 Å². The molecule has 5 heteroatoms. The van der Waals surface area contributed by atoms with Crippen molar-refractivity contribution in [3.8, 4) is 0 Å². The zero-order valence-electron chi connectivity index (χ0n) is 12.3. The first kappa shape index (κ1) is 15.9. The Morgan fingerprint density at radius 1 is 1.33 bits per heavy atom. The molecule has 1 saturated heterocycles. The van der Waals surface area contributed by atoms with Crippen LogP contribution < -0.4 is 0 Å². The van der Waals surface area contributed by atoms with E-state index in [0.29, 0.717) is 13.0 Å². The lowest BCUT2D eigenvalue weighted by Crippen LogP contribution is -2.42. The van der Waals surface area contributed by atoms with Crippen LogP contribution in [0.4, 0.5) is 0 Å². The van der Waals surface area contributed by atoms with Crippen molar-refractivity contribution in [2.45, 2.75) is 24.2 Å². The fraction of sp³-hybridized carbons (Fsp3) is 0.500. The molecule has 1 unspecified atom stereocenters. The quantitative estimate of drug-likeness (QED) is 0.619. The standard InChI is InChI=1S/C16H21NO3S/c1-20-16(19)13-6-5-10-17(12-13)15(18)9-11-21-14-7-3-2-4-8-14/h2-4,7-8,13H,5-6,9-12H2,1H3. The lowest BCUT2D eigenvalue weighted by molar-refractivity contribution is -0.148. The molecule has 1 aliphatic heterocycles. The summed E-state index contributed by atoms with van der Waals surface area (Å²) in [5.41, 5.74) is 0. The highest BCUT2D eigenvalue weighted by molar-refractivity contribution is 7.99. The zero-order valence-corrected chi connectivity index (χ0v) is 13.1. The highest BCUT2D eigenvalue weighted by Crippen LogP contribution is 2.21. The monoisotopic (exact) mass is 307 g/mol. The maximum Gasteiger partial charge on any atom is 0.310 e. The van der Waals surface area contributed by atoms with Gasteiger partial charge in [-0.3, -0.25) is 9.59 Å². The van der Waals surface area contributed by atoms with Crippen molar-refractivity contribution in [1.29, 1.82) is 0 Å². The number of carbonyl (C=O) groups excluding carboxylic acids is 2. The normalized spacial score (nSPS) is 18.3. The third-order valence-corrected chi connectivity index (χ3v) is 4.65. The van der Waals surface area contributed by atoms with Crippen LogP contribution in [0.3, 0.4) is 0 Å². The number of carbonyl (C=O) groups is 2. The summed E-state index contributed by atoms with van der Waals surface area (Å²) in [6.07, 6.45) is 2.19. The maximum atomic E-state index is 12.2. The average Bonchev–Trinajstić information content (AvgIpc) is 2.55. The summed E-state index contributed by atoms with van der Waals surface area (Å²) in [5, 5.41) is 0. The van der Waals surface area contributed by atoms with Crippen molar-refractivity contribution in [3.63, 3.8) is 0 Å². The van der Waals surface area contributed by atoms with Crippen LogP contribution in [0.5, 0.6) is 0 Å². The molecule has 0 aromatic heterocycles. The van der Waals surface area contributed by atoms with Crippen molar-refractivity contribution in [2.75, 3.05) is 26.0 Å². The summed E-state index contributed by atoms with van der Waals surface area (Å²) < 4.78 is 4.78. The maximum absolute atomic E-state index is 12.2. The molecular weight excluding hydrogens is 286 g/mol. The summed E-state index contributed by atoms with van der Waals surface area (Å²) in [5.74, 6) is 0.537. The number of amides is 1. The minimum Gasteiger partial charge on any atom is -0.469 e. The van der Waals surface area contributed by atoms with Gasteiger partial charge in [-0.25, -0.2) is 0 Å². The Kier molecular flexibility index (Phi) is 6.11. The van der Waals surface area contributed by atoms with E-state index in [1.807, 2.05) is 30.3 Å². The van der Waals surface area contributed by atoms with Crippen molar-refractivity contribution in [3.05, 3.63) is 30.3 Å². The number of piperidine rings is 1. The largest absolute Gasteiger partial charge is 0.469 e. The van der Waals surface area contributed by atoms with E-state index in [-0.39, 0.29) is 17.8 Å². The minimum absolute atomic E-state index is 0.132. The number of thioether (sulfide) groups is 1. The van der Waals surface area contributed by atoms with Gasteiger partial charge in [-0.05, 0) is 25.0 Å². The second-order valence-electron chi connectivity index (χ2n) is 5.11. The molecule has 21 heavy (non-hydrogen) atoms. The molecule has 0 radical (unpaired) electrons. The predicted molar refractivity (Wildman–Crippen MR) is 83.1 cm³/mol. The van der Waals surface area contributed by atoms with E-state index in [0.717, 1.165) is 25.1 Å². The molecule has 1 aromatic carbocycles. The first-order chi connectivity index (χ1) is 10.2. The fourth-order valence-electron chi connectivity index (χ4n) is 2.49. The molecule has 1 amide bonds. The number of hydrogen-bond acceptors (Lipinski definition) is 4. The molecule has 0 N–H and O–H groups in total. The van der Waals surface area contributed by atoms with Crippen LogP contribution in [-0.2, 0) is 14.3 Å². The summed E-state index contributed by atoms with van der Waals surface area (Å²) in [6, 6.07) is 10.1. The van der Waals surface area contributed by atoms with Crippen LogP contribution in [0.1, 0.15) is 19.3 Å². The fourth-order valence-corrected chi connectivity index (χ4v) is 3.36. The van der Waals surface area contributed by atoms with Gasteiger partial charge < -0.3 is 9.64 Å². The molecule has 1 aromatic rings. The van der Waals surface area contributed by atoms with Gasteiger partial charge >= 0.3 is 5.97 Å². The Bertz CT molecular complexity index is 478. The van der Waals surface area contributed by atoms with Gasteiger partial charge in [0.25, 0.3) is 0 Å². The van der Waals surface area contributed by atoms with Gasteiger partial charge in [-0.15, -0.1) is 11.8 Å². The Hall–Kier alpha value is -1.49. The van der Waals surface area contributed by atoms with Gasteiger partial charge in [-0.1, -0.05) is 18.2 Å². The average molecular weight is 307 g/mol. The number of rotatable bonds is 5. The van der Waals surface area contributed by atoms with Crippen LogP contribution in [0.15, 0.2) is 35.2 Å². The van der Waals surface area contributed by atoms with E-state index in [9.17, 15) is 9.59 Å². The molecule has 0 saturated carbocycles. The molecule has 1 fully saturated rings. The molecule has 1 heterocycles. The van der Waals surface area contributed by atoms with E-state index in [4.69, 9.17) is 4.74 Å². The van der Waals surface area contributed by atoms with Crippen molar-refractivity contribution in [1.82, 2.24) is 4.90 Å². The van der Waals surface area contributed by atoms with Crippen molar-refractivity contribution in [2.24, 2.45) is 5.92 Å². The highest BCUT2D eigenvalue weighted by atomic mass is 32.2. The minimum atomic E-state index is -0.203. The number of hydrogen-bond donors (Lipinski definition) is 0. The van der Waals surface area contributed by atoms with E-state index in [2.05, 4.69) is 0 Å². The molecule has 1 aliphatic rings. The Labute approximate surface area is 129 Å². The SMILES string of the molecule is COC(=O)C1CCCN(C(=O)CCSc2ccccc2)C1. The molecule has 0 bridgehead atoms. The summed E-state index contributed by atoms with van der Waals surface area (Å²) >= 11 is 1.69. The molecule has 1 atom stereocenters. The lowest BCUT2D eigenvalue weighted by atomic mass is 9.98. The van der Waals surface area contributed by atoms with Gasteiger partial charge in [-0.2, -0.15) is 0 Å². The van der Waals surface area contributed by atoms with E-state index in [1.54, 1.807) is 16.7 Å². The third kappa shape index (κ3) is 4.77. The second kappa shape index (κ2) is 8.08. The summed E-state index contributed by atoms with van der Waals surface area (Å²) in [6.45, 7) is 1.25. The second-order valence-corrected chi connectivity index (χ2v) is 6.28. The van der Waals surface area contributed by atoms with Gasteiger partial charge in [0.2, 0.25) is 5.91 Å².